The minimum Gasteiger partial charge on any atom is -0.311 e. The molecule has 0 aliphatic carbocycles. The molecule has 0 radical (unpaired) electrons. The summed E-state index contributed by atoms with van der Waals surface area (Å²) in [6.07, 6.45) is 0. The Morgan fingerprint density at radius 2 is 0.406 bits per heavy atom. The lowest BCUT2D eigenvalue weighted by molar-refractivity contribution is 1.28. The second-order valence-electron chi connectivity index (χ2n) is 28.0. The summed E-state index contributed by atoms with van der Waals surface area (Å²) in [5.41, 5.74) is 23.1. The van der Waals surface area contributed by atoms with Gasteiger partial charge in [0.05, 0.1) is 0 Å². The molecule has 2 nitrogen and oxygen atoms in total. The Balaban J connectivity index is 0.584. The van der Waals surface area contributed by atoms with E-state index in [4.69, 9.17) is 0 Å². The van der Waals surface area contributed by atoms with Gasteiger partial charge >= 0.3 is 0 Å². The molecule has 0 N–H and O–H groups in total. The average molecular weight is 1350 g/mol. The standard InChI is InChI=1S/C104H68N2/c1-2-12-69(13-3-1)83-20-10-21-95(68-83)106(93-54-38-75(39-55-93)85-31-27-71-15-5-7-18-82(71)65-85)94-56-40-77(41-57-94)87-45-59-98-89(67-87)47-63-103-102(98)61-43-80-19-11-23-99(104(80)103)79-28-24-72(25-29-79)73-32-48-90(49-33-73)105(91-50-34-74(35-51-91)84-30-26-70-14-4-6-17-81(70)64-84)92-52-36-76(37-53-92)86-44-58-97-88(66-86)46-62-100-96-22-9-8-16-78(96)42-60-101(97)100/h1-68H. The molecule has 0 unspecified atom stereocenters. The van der Waals surface area contributed by atoms with Crippen LogP contribution < -0.4 is 9.80 Å². The fourth-order valence-corrected chi connectivity index (χ4v) is 16.3. The Bertz CT molecular complexity index is 6760. The number of benzene rings is 20. The van der Waals surface area contributed by atoms with Crippen LogP contribution in [0.1, 0.15) is 0 Å². The van der Waals surface area contributed by atoms with Gasteiger partial charge < -0.3 is 9.80 Å². The van der Waals surface area contributed by atoms with E-state index in [0.29, 0.717) is 0 Å². The third-order valence-corrected chi connectivity index (χ3v) is 21.8. The summed E-state index contributed by atoms with van der Waals surface area (Å²) in [5.74, 6) is 0. The first-order valence-electron chi connectivity index (χ1n) is 36.6. The fourth-order valence-electron chi connectivity index (χ4n) is 16.3. The zero-order valence-corrected chi connectivity index (χ0v) is 58.2. The Morgan fingerprint density at radius 3 is 0.906 bits per heavy atom. The van der Waals surface area contributed by atoms with Crippen LogP contribution in [0.25, 0.3) is 164 Å². The molecule has 0 aliphatic rings. The maximum Gasteiger partial charge on any atom is 0.0467 e. The van der Waals surface area contributed by atoms with Crippen LogP contribution in [0.2, 0.25) is 0 Å². The highest BCUT2D eigenvalue weighted by Crippen LogP contribution is 2.44. The highest BCUT2D eigenvalue weighted by molar-refractivity contribution is 6.22. The number of nitrogens with zero attached hydrogens (tertiary/aromatic N) is 2. The van der Waals surface area contributed by atoms with E-state index in [1.165, 1.54) is 153 Å². The molecule has 0 amide bonds. The predicted molar refractivity (Wildman–Crippen MR) is 454 cm³/mol. The van der Waals surface area contributed by atoms with Crippen LogP contribution in [0.5, 0.6) is 0 Å². The molecular weight excluding hydrogens is 1280 g/mol. The molecule has 0 heterocycles. The topological polar surface area (TPSA) is 6.48 Å². The summed E-state index contributed by atoms with van der Waals surface area (Å²) >= 11 is 0. The zero-order valence-electron chi connectivity index (χ0n) is 58.2. The van der Waals surface area contributed by atoms with Crippen molar-refractivity contribution in [1.29, 1.82) is 0 Å². The molecule has 494 valence electrons. The van der Waals surface area contributed by atoms with Crippen LogP contribution >= 0.6 is 0 Å². The van der Waals surface area contributed by atoms with Gasteiger partial charge in [0.15, 0.2) is 0 Å². The van der Waals surface area contributed by atoms with E-state index in [-0.39, 0.29) is 0 Å². The summed E-state index contributed by atoms with van der Waals surface area (Å²) in [6, 6.07) is 152. The highest BCUT2D eigenvalue weighted by Gasteiger charge is 2.19. The molecule has 20 aromatic rings. The highest BCUT2D eigenvalue weighted by atomic mass is 15.1. The van der Waals surface area contributed by atoms with Crippen LogP contribution in [0, 0.1) is 0 Å². The van der Waals surface area contributed by atoms with Gasteiger partial charge in [0, 0.05) is 34.1 Å². The monoisotopic (exact) mass is 1340 g/mol. The maximum atomic E-state index is 2.37. The largest absolute Gasteiger partial charge is 0.311 e. The van der Waals surface area contributed by atoms with Crippen molar-refractivity contribution < 1.29 is 0 Å². The molecule has 20 aromatic carbocycles. The molecule has 0 atom stereocenters. The zero-order chi connectivity index (χ0) is 70.0. The van der Waals surface area contributed by atoms with Crippen molar-refractivity contribution in [2.45, 2.75) is 0 Å². The van der Waals surface area contributed by atoms with E-state index in [1.807, 2.05) is 0 Å². The van der Waals surface area contributed by atoms with Gasteiger partial charge in [-0.2, -0.15) is 0 Å². The van der Waals surface area contributed by atoms with E-state index in [2.05, 4.69) is 422 Å². The molecule has 0 saturated heterocycles. The molecule has 106 heavy (non-hydrogen) atoms. The molecule has 20 rings (SSSR count). The smallest absolute Gasteiger partial charge is 0.0467 e. The summed E-state index contributed by atoms with van der Waals surface area (Å²) < 4.78 is 0. The van der Waals surface area contributed by atoms with Crippen molar-refractivity contribution in [2.24, 2.45) is 0 Å². The van der Waals surface area contributed by atoms with E-state index in [9.17, 15) is 0 Å². The Morgan fingerprint density at radius 1 is 0.123 bits per heavy atom. The van der Waals surface area contributed by atoms with E-state index in [1.54, 1.807) is 0 Å². The minimum atomic E-state index is 1.08. The van der Waals surface area contributed by atoms with Crippen LogP contribution in [0.4, 0.5) is 34.1 Å². The van der Waals surface area contributed by atoms with Crippen molar-refractivity contribution >= 4 is 120 Å². The molecule has 0 fully saturated rings. The Labute approximate surface area is 616 Å². The van der Waals surface area contributed by atoms with Crippen LogP contribution in [0.3, 0.4) is 0 Å². The molecule has 0 aliphatic heterocycles. The Hall–Kier alpha value is -13.9. The molecule has 2 heteroatoms. The van der Waals surface area contributed by atoms with Crippen molar-refractivity contribution in [3.05, 3.63) is 413 Å². The fraction of sp³-hybridized carbons (Fsp3) is 0. The number of anilines is 6. The summed E-state index contributed by atoms with van der Waals surface area (Å²) in [7, 11) is 0. The van der Waals surface area contributed by atoms with Gasteiger partial charge in [-0.05, 0) is 261 Å². The quantitative estimate of drug-likeness (QED) is 0.106. The Kier molecular flexibility index (Phi) is 15.3. The second-order valence-corrected chi connectivity index (χ2v) is 28.0. The van der Waals surface area contributed by atoms with Gasteiger partial charge in [0.1, 0.15) is 0 Å². The first-order valence-corrected chi connectivity index (χ1v) is 36.6. The van der Waals surface area contributed by atoms with Crippen molar-refractivity contribution in [2.75, 3.05) is 9.80 Å². The number of hydrogen-bond acceptors (Lipinski definition) is 2. The molecule has 0 bridgehead atoms. The normalized spacial score (nSPS) is 11.6. The van der Waals surface area contributed by atoms with Gasteiger partial charge in [-0.15, -0.1) is 0 Å². The minimum absolute atomic E-state index is 1.08. The van der Waals surface area contributed by atoms with E-state index in [0.717, 1.165) is 45.3 Å². The lowest BCUT2D eigenvalue weighted by Gasteiger charge is -2.26. The van der Waals surface area contributed by atoms with Crippen molar-refractivity contribution in [3.8, 4) is 77.9 Å². The number of fused-ring (bicyclic) bond motifs is 12. The van der Waals surface area contributed by atoms with Crippen LogP contribution in [-0.2, 0) is 0 Å². The van der Waals surface area contributed by atoms with Crippen LogP contribution in [-0.4, -0.2) is 0 Å². The van der Waals surface area contributed by atoms with Gasteiger partial charge in [0.2, 0.25) is 0 Å². The third kappa shape index (κ3) is 11.3. The SMILES string of the molecule is c1ccc(-c2cccc(N(c3ccc(-c4ccc5ccccc5c4)cc3)c3ccc(-c4ccc5c(ccc6c5ccc5cccc(-c7ccc(-c8ccc(N(c9ccc(-c%10ccc%11ccccc%11c%10)cc9)c9ccc(-c%10ccc%11c(ccc%12c%13ccccc%13ccc%11%12)c%10)cc9)cc8)cc7)c56)c4)cc3)c2)cc1. The summed E-state index contributed by atoms with van der Waals surface area (Å²) in [4.78, 5) is 4.74. The van der Waals surface area contributed by atoms with E-state index >= 15 is 0 Å². The maximum absolute atomic E-state index is 2.37. The molecule has 0 saturated carbocycles. The first-order chi connectivity index (χ1) is 52.5. The molecule has 0 aromatic heterocycles. The summed E-state index contributed by atoms with van der Waals surface area (Å²) in [6.45, 7) is 0. The molecule has 0 spiro atoms. The second kappa shape index (κ2) is 26.2. The number of hydrogen-bond donors (Lipinski definition) is 0. The third-order valence-electron chi connectivity index (χ3n) is 21.8. The predicted octanol–water partition coefficient (Wildman–Crippen LogP) is 29.5. The average Bonchev–Trinajstić information content (AvgIpc) is 0.753. The summed E-state index contributed by atoms with van der Waals surface area (Å²) in [5, 5.41) is 20.0. The van der Waals surface area contributed by atoms with Crippen molar-refractivity contribution in [3.63, 3.8) is 0 Å². The molecular formula is C104H68N2. The van der Waals surface area contributed by atoms with Gasteiger partial charge in [-0.25, -0.2) is 0 Å². The first kappa shape index (κ1) is 61.9. The number of rotatable bonds is 13. The van der Waals surface area contributed by atoms with Crippen molar-refractivity contribution in [1.82, 2.24) is 0 Å². The lowest BCUT2D eigenvalue weighted by Crippen LogP contribution is -2.10. The van der Waals surface area contributed by atoms with Gasteiger partial charge in [-0.1, -0.05) is 315 Å². The van der Waals surface area contributed by atoms with Gasteiger partial charge in [-0.3, -0.25) is 0 Å². The van der Waals surface area contributed by atoms with Gasteiger partial charge in [0.25, 0.3) is 0 Å². The van der Waals surface area contributed by atoms with E-state index < -0.39 is 0 Å². The lowest BCUT2D eigenvalue weighted by atomic mass is 9.90. The van der Waals surface area contributed by atoms with Crippen LogP contribution in [0.15, 0.2) is 413 Å².